The van der Waals surface area contributed by atoms with E-state index in [1.807, 2.05) is 13.8 Å². The molecule has 1 N–H and O–H groups in total. The van der Waals surface area contributed by atoms with Gasteiger partial charge in [0.25, 0.3) is 5.91 Å². The highest BCUT2D eigenvalue weighted by Gasteiger charge is 2.13. The van der Waals surface area contributed by atoms with E-state index in [-0.39, 0.29) is 30.6 Å². The quantitative estimate of drug-likeness (QED) is 0.774. The molecule has 1 heterocycles. The van der Waals surface area contributed by atoms with Crippen molar-refractivity contribution in [2.24, 2.45) is 0 Å². The third-order valence-electron chi connectivity index (χ3n) is 2.70. The van der Waals surface area contributed by atoms with Crippen LogP contribution in [0.25, 0.3) is 0 Å². The predicted octanol–water partition coefficient (Wildman–Crippen LogP) is 1.16. The predicted molar refractivity (Wildman–Crippen MR) is 73.6 cm³/mol. The summed E-state index contributed by atoms with van der Waals surface area (Å²) in [7, 11) is 0. The Balaban J connectivity index is 2.61. The van der Waals surface area contributed by atoms with E-state index in [4.69, 9.17) is 14.3 Å². The Labute approximate surface area is 118 Å². The Bertz CT molecular complexity index is 477. The molecule has 6 heteroatoms. The monoisotopic (exact) mass is 283 g/mol. The molecule has 0 aliphatic rings. The number of aliphatic hydroxyl groups is 1. The molecule has 0 aliphatic carbocycles. The highest BCUT2D eigenvalue weighted by Crippen LogP contribution is 2.06. The van der Waals surface area contributed by atoms with Gasteiger partial charge in [-0.15, -0.1) is 0 Å². The first-order valence-electron chi connectivity index (χ1n) is 6.75. The molecule has 0 aliphatic heterocycles. The summed E-state index contributed by atoms with van der Waals surface area (Å²) in [6.07, 6.45) is 2.86. The second kappa shape index (κ2) is 8.37. The van der Waals surface area contributed by atoms with Crippen LogP contribution in [-0.2, 0) is 11.4 Å². The van der Waals surface area contributed by atoms with Crippen LogP contribution in [0, 0.1) is 0 Å². The maximum atomic E-state index is 12.0. The van der Waals surface area contributed by atoms with Gasteiger partial charge in [0.1, 0.15) is 18.6 Å². The Morgan fingerprint density at radius 2 is 2.00 bits per heavy atom. The standard InChI is InChI=1S/C14H21NO5/c1-3-5-15(6-4-2)14(18)10-20-13-9-19-11(8-16)7-12(13)17/h7,9,16H,3-6,8,10H2,1-2H3. The fraction of sp³-hybridized carbons (Fsp3) is 0.571. The highest BCUT2D eigenvalue weighted by atomic mass is 16.5. The molecule has 0 radical (unpaired) electrons. The molecule has 0 saturated carbocycles. The van der Waals surface area contributed by atoms with E-state index in [9.17, 15) is 9.59 Å². The van der Waals surface area contributed by atoms with Crippen molar-refractivity contribution in [2.75, 3.05) is 19.7 Å². The fourth-order valence-corrected chi connectivity index (χ4v) is 1.76. The molecule has 0 unspecified atom stereocenters. The van der Waals surface area contributed by atoms with Crippen LogP contribution in [-0.4, -0.2) is 35.6 Å². The van der Waals surface area contributed by atoms with E-state index in [0.717, 1.165) is 25.2 Å². The lowest BCUT2D eigenvalue weighted by Crippen LogP contribution is -2.36. The number of amides is 1. The van der Waals surface area contributed by atoms with Crippen molar-refractivity contribution in [3.05, 3.63) is 28.3 Å². The van der Waals surface area contributed by atoms with Gasteiger partial charge in [-0.25, -0.2) is 0 Å². The smallest absolute Gasteiger partial charge is 0.260 e. The lowest BCUT2D eigenvalue weighted by atomic mass is 10.3. The number of hydrogen-bond acceptors (Lipinski definition) is 5. The average molecular weight is 283 g/mol. The molecule has 1 aromatic rings. The number of carbonyl (C=O) groups is 1. The summed E-state index contributed by atoms with van der Waals surface area (Å²) in [6.45, 7) is 4.80. The van der Waals surface area contributed by atoms with Gasteiger partial charge in [-0.3, -0.25) is 9.59 Å². The molecule has 0 saturated heterocycles. The highest BCUT2D eigenvalue weighted by molar-refractivity contribution is 5.77. The van der Waals surface area contributed by atoms with Crippen molar-refractivity contribution < 1.29 is 19.1 Å². The van der Waals surface area contributed by atoms with Gasteiger partial charge in [0.2, 0.25) is 11.2 Å². The van der Waals surface area contributed by atoms with Gasteiger partial charge in [0.05, 0.1) is 0 Å². The van der Waals surface area contributed by atoms with E-state index in [0.29, 0.717) is 13.1 Å². The molecule has 0 fully saturated rings. The first kappa shape index (κ1) is 16.2. The molecular weight excluding hydrogens is 262 g/mol. The van der Waals surface area contributed by atoms with Gasteiger partial charge in [0, 0.05) is 19.2 Å². The maximum absolute atomic E-state index is 12.0. The summed E-state index contributed by atoms with van der Waals surface area (Å²) in [5, 5.41) is 8.83. The first-order chi connectivity index (χ1) is 9.62. The Kier molecular flexibility index (Phi) is 6.79. The van der Waals surface area contributed by atoms with Crippen LogP contribution in [0.2, 0.25) is 0 Å². The van der Waals surface area contributed by atoms with Gasteiger partial charge < -0.3 is 19.2 Å². The number of nitrogens with zero attached hydrogens (tertiary/aromatic N) is 1. The molecule has 0 bridgehead atoms. The Morgan fingerprint density at radius 3 is 2.50 bits per heavy atom. The van der Waals surface area contributed by atoms with E-state index in [1.165, 1.54) is 0 Å². The average Bonchev–Trinajstić information content (AvgIpc) is 2.45. The molecule has 112 valence electrons. The molecule has 20 heavy (non-hydrogen) atoms. The van der Waals surface area contributed by atoms with Crippen LogP contribution < -0.4 is 10.2 Å². The van der Waals surface area contributed by atoms with Crippen LogP contribution >= 0.6 is 0 Å². The molecule has 1 amide bonds. The van der Waals surface area contributed by atoms with Crippen molar-refractivity contribution in [2.45, 2.75) is 33.3 Å². The number of hydrogen-bond donors (Lipinski definition) is 1. The second-order valence-electron chi connectivity index (χ2n) is 4.40. The minimum Gasteiger partial charge on any atom is -0.477 e. The normalized spacial score (nSPS) is 10.3. The number of rotatable bonds is 8. The Hall–Kier alpha value is -1.82. The number of carbonyl (C=O) groups excluding carboxylic acids is 1. The second-order valence-corrected chi connectivity index (χ2v) is 4.40. The molecule has 0 spiro atoms. The van der Waals surface area contributed by atoms with Crippen molar-refractivity contribution in [1.29, 1.82) is 0 Å². The van der Waals surface area contributed by atoms with Gasteiger partial charge in [-0.1, -0.05) is 13.8 Å². The lowest BCUT2D eigenvalue weighted by Gasteiger charge is -2.21. The summed E-state index contributed by atoms with van der Waals surface area (Å²) < 4.78 is 10.2. The summed E-state index contributed by atoms with van der Waals surface area (Å²) in [5.74, 6) is -0.0184. The third-order valence-corrected chi connectivity index (χ3v) is 2.70. The summed E-state index contributed by atoms with van der Waals surface area (Å²) >= 11 is 0. The van der Waals surface area contributed by atoms with E-state index in [2.05, 4.69) is 0 Å². The van der Waals surface area contributed by atoms with Gasteiger partial charge >= 0.3 is 0 Å². The van der Waals surface area contributed by atoms with Crippen LogP contribution in [0.15, 0.2) is 21.5 Å². The maximum Gasteiger partial charge on any atom is 0.260 e. The molecule has 1 rings (SSSR count). The van der Waals surface area contributed by atoms with Gasteiger partial charge in [0.15, 0.2) is 6.61 Å². The minimum atomic E-state index is -0.411. The molecular formula is C14H21NO5. The molecule has 0 aromatic carbocycles. The zero-order chi connectivity index (χ0) is 15.0. The molecule has 6 nitrogen and oxygen atoms in total. The topological polar surface area (TPSA) is 80.0 Å². The lowest BCUT2D eigenvalue weighted by molar-refractivity contribution is -0.133. The zero-order valence-corrected chi connectivity index (χ0v) is 11.9. The van der Waals surface area contributed by atoms with Crippen LogP contribution in [0.4, 0.5) is 0 Å². The van der Waals surface area contributed by atoms with Crippen molar-refractivity contribution in [3.8, 4) is 5.75 Å². The van der Waals surface area contributed by atoms with Crippen LogP contribution in [0.3, 0.4) is 0 Å². The fourth-order valence-electron chi connectivity index (χ4n) is 1.76. The van der Waals surface area contributed by atoms with Crippen molar-refractivity contribution in [3.63, 3.8) is 0 Å². The first-order valence-corrected chi connectivity index (χ1v) is 6.75. The Morgan fingerprint density at radius 1 is 1.35 bits per heavy atom. The van der Waals surface area contributed by atoms with Crippen molar-refractivity contribution >= 4 is 5.91 Å². The summed E-state index contributed by atoms with van der Waals surface area (Å²) in [4.78, 5) is 25.3. The van der Waals surface area contributed by atoms with E-state index in [1.54, 1.807) is 4.90 Å². The van der Waals surface area contributed by atoms with Gasteiger partial charge in [-0.05, 0) is 12.8 Å². The SMILES string of the molecule is CCCN(CCC)C(=O)COc1coc(CO)cc1=O. The number of aliphatic hydroxyl groups excluding tert-OH is 1. The third kappa shape index (κ3) is 4.70. The van der Waals surface area contributed by atoms with Gasteiger partial charge in [-0.2, -0.15) is 0 Å². The largest absolute Gasteiger partial charge is 0.477 e. The minimum absolute atomic E-state index is 0.0245. The van der Waals surface area contributed by atoms with Crippen molar-refractivity contribution in [1.82, 2.24) is 4.90 Å². The summed E-state index contributed by atoms with van der Waals surface area (Å²) in [6, 6.07) is 1.15. The molecule has 0 atom stereocenters. The van der Waals surface area contributed by atoms with E-state index >= 15 is 0 Å². The summed E-state index contributed by atoms with van der Waals surface area (Å²) in [5.41, 5.74) is -0.411. The van der Waals surface area contributed by atoms with E-state index < -0.39 is 5.43 Å². The zero-order valence-electron chi connectivity index (χ0n) is 11.9. The van der Waals surface area contributed by atoms with Crippen LogP contribution in [0.5, 0.6) is 5.75 Å². The number of ether oxygens (including phenoxy) is 1. The van der Waals surface area contributed by atoms with Crippen LogP contribution in [0.1, 0.15) is 32.4 Å². The molecule has 1 aromatic heterocycles.